The second kappa shape index (κ2) is 2.57. The van der Waals surface area contributed by atoms with Gasteiger partial charge in [0, 0.05) is 0 Å². The van der Waals surface area contributed by atoms with E-state index in [4.69, 9.17) is 0 Å². The van der Waals surface area contributed by atoms with Crippen molar-refractivity contribution in [3.05, 3.63) is 12.2 Å². The molecule has 11 heavy (non-hydrogen) atoms. The van der Waals surface area contributed by atoms with Crippen molar-refractivity contribution in [3.63, 3.8) is 0 Å². The summed E-state index contributed by atoms with van der Waals surface area (Å²) in [7, 11) is 0. The maximum absolute atomic E-state index is 10.0. The molecule has 0 unspecified atom stereocenters. The van der Waals surface area contributed by atoms with E-state index in [2.05, 4.69) is 44.0 Å². The minimum Gasteiger partial charge on any atom is -0.387 e. The molecule has 2 aliphatic carbocycles. The smallest absolute Gasteiger partial charge is 0.0987 e. The fourth-order valence-electron chi connectivity index (χ4n) is 2.11. The lowest BCUT2D eigenvalue weighted by atomic mass is 9.64. The third-order valence-electron chi connectivity index (χ3n) is 2.87. The van der Waals surface area contributed by atoms with Crippen LogP contribution in [0.15, 0.2) is 12.2 Å². The largest absolute Gasteiger partial charge is 0.387 e. The molecule has 0 amide bonds. The first kappa shape index (κ1) is 8.27. The molecule has 1 fully saturated rings. The SMILES string of the molecule is O[C@@]1(C(Br)Br)C[C@H]2C=CC[C@H]21. The van der Waals surface area contributed by atoms with Crippen LogP contribution in [0.1, 0.15) is 12.8 Å². The molecule has 2 rings (SSSR count). The Bertz CT molecular complexity index is 202. The predicted molar refractivity (Wildman–Crippen MR) is 51.9 cm³/mol. The molecule has 0 aromatic heterocycles. The zero-order valence-corrected chi connectivity index (χ0v) is 9.18. The van der Waals surface area contributed by atoms with E-state index in [1.165, 1.54) is 0 Å². The van der Waals surface area contributed by atoms with Crippen LogP contribution in [0.25, 0.3) is 0 Å². The van der Waals surface area contributed by atoms with Crippen LogP contribution in [0.2, 0.25) is 0 Å². The number of aliphatic hydroxyl groups is 1. The van der Waals surface area contributed by atoms with Gasteiger partial charge in [0.15, 0.2) is 0 Å². The molecule has 0 aromatic carbocycles. The predicted octanol–water partition coefficient (Wildman–Crippen LogP) is 2.43. The molecule has 0 saturated heterocycles. The molecule has 0 aromatic rings. The van der Waals surface area contributed by atoms with Gasteiger partial charge < -0.3 is 5.11 Å². The summed E-state index contributed by atoms with van der Waals surface area (Å²) in [5.74, 6) is 1.09. The van der Waals surface area contributed by atoms with Gasteiger partial charge in [-0.25, -0.2) is 0 Å². The fourth-order valence-corrected chi connectivity index (χ4v) is 3.17. The van der Waals surface area contributed by atoms with Crippen molar-refractivity contribution in [3.8, 4) is 0 Å². The summed E-state index contributed by atoms with van der Waals surface area (Å²) in [4.78, 5) is 0. The van der Waals surface area contributed by atoms with E-state index >= 15 is 0 Å². The van der Waals surface area contributed by atoms with Gasteiger partial charge in [0.1, 0.15) is 0 Å². The summed E-state index contributed by atoms with van der Waals surface area (Å²) in [6.07, 6.45) is 6.33. The Morgan fingerprint density at radius 1 is 1.55 bits per heavy atom. The first-order chi connectivity index (χ1) is 5.14. The number of halogens is 2. The summed E-state index contributed by atoms with van der Waals surface area (Å²) in [5.41, 5.74) is -0.506. The molecule has 62 valence electrons. The van der Waals surface area contributed by atoms with E-state index in [9.17, 15) is 5.11 Å². The highest BCUT2D eigenvalue weighted by Gasteiger charge is 2.55. The van der Waals surface area contributed by atoms with Crippen molar-refractivity contribution in [2.24, 2.45) is 11.8 Å². The number of rotatable bonds is 1. The molecule has 0 bridgehead atoms. The lowest BCUT2D eigenvalue weighted by molar-refractivity contribution is -0.100. The van der Waals surface area contributed by atoms with E-state index in [0.29, 0.717) is 11.8 Å². The molecule has 0 heterocycles. The van der Waals surface area contributed by atoms with E-state index in [1.54, 1.807) is 0 Å². The Labute approximate surface area is 83.1 Å². The maximum atomic E-state index is 10.0. The Hall–Kier alpha value is 0.660. The van der Waals surface area contributed by atoms with Gasteiger partial charge in [-0.1, -0.05) is 44.0 Å². The molecule has 3 atom stereocenters. The highest BCUT2D eigenvalue weighted by atomic mass is 79.9. The van der Waals surface area contributed by atoms with Crippen LogP contribution in [0, 0.1) is 11.8 Å². The van der Waals surface area contributed by atoms with Gasteiger partial charge in [0.2, 0.25) is 0 Å². The zero-order valence-electron chi connectivity index (χ0n) is 6.00. The average Bonchev–Trinajstić information content (AvgIpc) is 2.29. The number of fused-ring (bicyclic) bond motifs is 1. The van der Waals surface area contributed by atoms with Gasteiger partial charge in [-0.15, -0.1) is 0 Å². The first-order valence-electron chi connectivity index (χ1n) is 3.82. The maximum Gasteiger partial charge on any atom is 0.0987 e. The summed E-state index contributed by atoms with van der Waals surface area (Å²) < 4.78 is 0.0450. The van der Waals surface area contributed by atoms with Crippen molar-refractivity contribution in [2.45, 2.75) is 22.2 Å². The molecule has 1 nitrogen and oxygen atoms in total. The van der Waals surface area contributed by atoms with Crippen LogP contribution in [-0.4, -0.2) is 14.4 Å². The summed E-state index contributed by atoms with van der Waals surface area (Å²) in [6.45, 7) is 0. The third-order valence-corrected chi connectivity index (χ3v) is 4.46. The summed E-state index contributed by atoms with van der Waals surface area (Å²) in [6, 6.07) is 0. The van der Waals surface area contributed by atoms with Crippen LogP contribution < -0.4 is 0 Å². The minimum absolute atomic E-state index is 0.0450. The number of alkyl halides is 2. The molecule has 0 aliphatic heterocycles. The van der Waals surface area contributed by atoms with Crippen molar-refractivity contribution in [1.82, 2.24) is 0 Å². The van der Waals surface area contributed by atoms with Gasteiger partial charge in [-0.05, 0) is 24.7 Å². The Morgan fingerprint density at radius 2 is 2.27 bits per heavy atom. The van der Waals surface area contributed by atoms with E-state index < -0.39 is 5.60 Å². The van der Waals surface area contributed by atoms with Gasteiger partial charge in [0.05, 0.1) is 9.34 Å². The third kappa shape index (κ3) is 1.04. The normalized spacial score (nSPS) is 47.6. The standard InChI is InChI=1S/C8H10Br2O/c9-7(10)8(11)4-5-2-1-3-6(5)8/h1-2,5-7,11H,3-4H2/t5-,6-,8+/m1/s1. The van der Waals surface area contributed by atoms with Crippen LogP contribution >= 0.6 is 31.9 Å². The highest BCUT2D eigenvalue weighted by molar-refractivity contribution is 9.24. The van der Waals surface area contributed by atoms with Crippen molar-refractivity contribution in [2.75, 3.05) is 0 Å². The molecular formula is C8H10Br2O. The first-order valence-corrected chi connectivity index (χ1v) is 5.65. The lowest BCUT2D eigenvalue weighted by Gasteiger charge is -2.49. The second-order valence-electron chi connectivity index (χ2n) is 3.43. The highest BCUT2D eigenvalue weighted by Crippen LogP contribution is 2.54. The molecule has 0 radical (unpaired) electrons. The van der Waals surface area contributed by atoms with Gasteiger partial charge >= 0.3 is 0 Å². The molecule has 1 saturated carbocycles. The number of allylic oxidation sites excluding steroid dienone is 2. The van der Waals surface area contributed by atoms with E-state index in [0.717, 1.165) is 12.8 Å². The fraction of sp³-hybridized carbons (Fsp3) is 0.750. The summed E-state index contributed by atoms with van der Waals surface area (Å²) >= 11 is 6.77. The number of hydrogen-bond donors (Lipinski definition) is 1. The van der Waals surface area contributed by atoms with E-state index in [-0.39, 0.29) is 3.74 Å². The quantitative estimate of drug-likeness (QED) is 0.578. The van der Waals surface area contributed by atoms with Gasteiger partial charge in [-0.3, -0.25) is 0 Å². The molecule has 3 heteroatoms. The van der Waals surface area contributed by atoms with Gasteiger partial charge in [0.25, 0.3) is 0 Å². The topological polar surface area (TPSA) is 20.2 Å². The second-order valence-corrected chi connectivity index (χ2v) is 6.49. The Kier molecular flexibility index (Phi) is 1.93. The van der Waals surface area contributed by atoms with Crippen molar-refractivity contribution >= 4 is 31.9 Å². The van der Waals surface area contributed by atoms with Crippen molar-refractivity contribution < 1.29 is 5.11 Å². The average molecular weight is 282 g/mol. The van der Waals surface area contributed by atoms with Crippen LogP contribution in [-0.2, 0) is 0 Å². The lowest BCUT2D eigenvalue weighted by Crippen LogP contribution is -2.55. The van der Waals surface area contributed by atoms with Crippen LogP contribution in [0.3, 0.4) is 0 Å². The molecule has 0 spiro atoms. The minimum atomic E-state index is -0.506. The summed E-state index contributed by atoms with van der Waals surface area (Å²) in [5, 5.41) is 10.0. The molecule has 2 aliphatic rings. The molecule has 1 N–H and O–H groups in total. The Morgan fingerprint density at radius 3 is 2.82 bits per heavy atom. The van der Waals surface area contributed by atoms with Crippen molar-refractivity contribution in [1.29, 1.82) is 0 Å². The van der Waals surface area contributed by atoms with Gasteiger partial charge in [-0.2, -0.15) is 0 Å². The zero-order chi connectivity index (χ0) is 8.06. The van der Waals surface area contributed by atoms with Crippen LogP contribution in [0.4, 0.5) is 0 Å². The van der Waals surface area contributed by atoms with E-state index in [1.807, 2.05) is 0 Å². The Balaban J connectivity index is 2.11. The number of hydrogen-bond acceptors (Lipinski definition) is 1. The molecular weight excluding hydrogens is 272 g/mol. The monoisotopic (exact) mass is 280 g/mol. The van der Waals surface area contributed by atoms with Crippen LogP contribution in [0.5, 0.6) is 0 Å².